The van der Waals surface area contributed by atoms with Gasteiger partial charge in [0.2, 0.25) is 0 Å². The van der Waals surface area contributed by atoms with Gasteiger partial charge in [0.25, 0.3) is 0 Å². The molecular formula is C9H18ClN3O2. The van der Waals surface area contributed by atoms with Crippen LogP contribution in [0.4, 0.5) is 0 Å². The van der Waals surface area contributed by atoms with Gasteiger partial charge in [-0.1, -0.05) is 0 Å². The molecule has 6 heteroatoms. The molecule has 1 aliphatic rings. The first-order valence-corrected chi connectivity index (χ1v) is 4.88. The van der Waals surface area contributed by atoms with Crippen molar-refractivity contribution in [2.24, 2.45) is 11.7 Å². The van der Waals surface area contributed by atoms with Gasteiger partial charge in [-0.05, 0) is 32.4 Å². The lowest BCUT2D eigenvalue weighted by Gasteiger charge is -2.31. The summed E-state index contributed by atoms with van der Waals surface area (Å²) in [6, 6.07) is 0. The van der Waals surface area contributed by atoms with E-state index in [0.29, 0.717) is 19.0 Å². The predicted molar refractivity (Wildman–Crippen MR) is 59.7 cm³/mol. The van der Waals surface area contributed by atoms with Gasteiger partial charge in [-0.3, -0.25) is 9.59 Å². The summed E-state index contributed by atoms with van der Waals surface area (Å²) in [7, 11) is 1.88. The fourth-order valence-corrected chi connectivity index (χ4v) is 1.86. The molecule has 1 unspecified atom stereocenters. The molecule has 0 spiro atoms. The number of hydrogen-bond donors (Lipinski definition) is 2. The molecular weight excluding hydrogens is 218 g/mol. The van der Waals surface area contributed by atoms with Crippen molar-refractivity contribution in [1.82, 2.24) is 10.2 Å². The molecule has 1 rings (SSSR count). The fourth-order valence-electron chi connectivity index (χ4n) is 1.86. The van der Waals surface area contributed by atoms with Gasteiger partial charge in [-0.15, -0.1) is 12.4 Å². The number of nitrogens with zero attached hydrogens (tertiary/aromatic N) is 1. The summed E-state index contributed by atoms with van der Waals surface area (Å²) in [6.45, 7) is 2.17. The third kappa shape index (κ3) is 4.05. The van der Waals surface area contributed by atoms with Crippen LogP contribution in [0.1, 0.15) is 12.8 Å². The van der Waals surface area contributed by atoms with E-state index in [1.54, 1.807) is 4.90 Å². The SMILES string of the molecule is CNCC1CCCN(C(=O)C(N)=O)C1.Cl. The van der Waals surface area contributed by atoms with E-state index in [-0.39, 0.29) is 12.4 Å². The molecule has 0 aliphatic carbocycles. The zero-order valence-corrected chi connectivity index (χ0v) is 9.68. The summed E-state index contributed by atoms with van der Waals surface area (Å²) in [5.74, 6) is -0.960. The maximum Gasteiger partial charge on any atom is 0.311 e. The number of halogens is 1. The Labute approximate surface area is 95.8 Å². The number of piperidine rings is 1. The van der Waals surface area contributed by atoms with E-state index in [9.17, 15) is 9.59 Å². The maximum atomic E-state index is 11.3. The van der Waals surface area contributed by atoms with E-state index in [0.717, 1.165) is 19.4 Å². The highest BCUT2D eigenvalue weighted by Crippen LogP contribution is 2.15. The highest BCUT2D eigenvalue weighted by Gasteiger charge is 2.25. The van der Waals surface area contributed by atoms with Crippen LogP contribution in [0.2, 0.25) is 0 Å². The van der Waals surface area contributed by atoms with Crippen LogP contribution in [0.5, 0.6) is 0 Å². The number of nitrogens with two attached hydrogens (primary N) is 1. The number of hydrogen-bond acceptors (Lipinski definition) is 3. The minimum absolute atomic E-state index is 0. The topological polar surface area (TPSA) is 75.4 Å². The number of rotatable bonds is 2. The summed E-state index contributed by atoms with van der Waals surface area (Å²) >= 11 is 0. The lowest BCUT2D eigenvalue weighted by molar-refractivity contribution is -0.145. The summed E-state index contributed by atoms with van der Waals surface area (Å²) in [5.41, 5.74) is 4.94. The van der Waals surface area contributed by atoms with Crippen LogP contribution in [0.15, 0.2) is 0 Å². The van der Waals surface area contributed by atoms with Crippen LogP contribution in [-0.2, 0) is 9.59 Å². The molecule has 1 heterocycles. The summed E-state index contributed by atoms with van der Waals surface area (Å²) in [5, 5.41) is 3.07. The lowest BCUT2D eigenvalue weighted by Crippen LogP contribution is -2.47. The molecule has 1 fully saturated rings. The Morgan fingerprint density at radius 3 is 2.73 bits per heavy atom. The highest BCUT2D eigenvalue weighted by atomic mass is 35.5. The summed E-state index contributed by atoms with van der Waals surface area (Å²) < 4.78 is 0. The van der Waals surface area contributed by atoms with Crippen molar-refractivity contribution in [2.45, 2.75) is 12.8 Å². The largest absolute Gasteiger partial charge is 0.361 e. The summed E-state index contributed by atoms with van der Waals surface area (Å²) in [4.78, 5) is 23.5. The van der Waals surface area contributed by atoms with E-state index in [2.05, 4.69) is 5.32 Å². The molecule has 0 radical (unpaired) electrons. The Balaban J connectivity index is 0.00000196. The molecule has 3 N–H and O–H groups in total. The van der Waals surface area contributed by atoms with E-state index < -0.39 is 11.8 Å². The number of nitrogens with one attached hydrogen (secondary N) is 1. The molecule has 0 aromatic carbocycles. The van der Waals surface area contributed by atoms with Crippen LogP contribution >= 0.6 is 12.4 Å². The van der Waals surface area contributed by atoms with Crippen LogP contribution in [0, 0.1) is 5.92 Å². The fraction of sp³-hybridized carbons (Fsp3) is 0.778. The van der Waals surface area contributed by atoms with Crippen LogP contribution < -0.4 is 11.1 Å². The van der Waals surface area contributed by atoms with Crippen LogP contribution in [0.3, 0.4) is 0 Å². The second-order valence-electron chi connectivity index (χ2n) is 3.68. The first-order chi connectivity index (χ1) is 6.65. The molecule has 1 atom stereocenters. The molecule has 2 amide bonds. The van der Waals surface area contributed by atoms with Crippen molar-refractivity contribution in [3.63, 3.8) is 0 Å². The molecule has 1 saturated heterocycles. The molecule has 1 aliphatic heterocycles. The number of carbonyl (C=O) groups is 2. The first-order valence-electron chi connectivity index (χ1n) is 4.88. The smallest absolute Gasteiger partial charge is 0.311 e. The minimum atomic E-state index is -0.852. The van der Waals surface area contributed by atoms with Gasteiger partial charge in [-0.2, -0.15) is 0 Å². The van der Waals surface area contributed by atoms with Crippen LogP contribution in [-0.4, -0.2) is 43.4 Å². The van der Waals surface area contributed by atoms with Crippen molar-refractivity contribution in [2.75, 3.05) is 26.7 Å². The highest BCUT2D eigenvalue weighted by molar-refractivity contribution is 6.34. The Morgan fingerprint density at radius 2 is 2.20 bits per heavy atom. The Bertz CT molecular complexity index is 233. The van der Waals surface area contributed by atoms with Crippen molar-refractivity contribution in [3.8, 4) is 0 Å². The monoisotopic (exact) mass is 235 g/mol. The third-order valence-corrected chi connectivity index (χ3v) is 2.51. The van der Waals surface area contributed by atoms with Gasteiger partial charge in [0.1, 0.15) is 0 Å². The molecule has 0 saturated carbocycles. The second kappa shape index (κ2) is 6.63. The molecule has 15 heavy (non-hydrogen) atoms. The average molecular weight is 236 g/mol. The van der Waals surface area contributed by atoms with Gasteiger partial charge >= 0.3 is 11.8 Å². The van der Waals surface area contributed by atoms with E-state index in [4.69, 9.17) is 5.73 Å². The predicted octanol–water partition coefficient (Wildman–Crippen LogP) is -0.648. The standard InChI is InChI=1S/C9H17N3O2.ClH/c1-11-5-7-3-2-4-12(6-7)9(14)8(10)13;/h7,11H,2-6H2,1H3,(H2,10,13);1H. The van der Waals surface area contributed by atoms with Gasteiger partial charge in [-0.25, -0.2) is 0 Å². The number of amides is 2. The quantitative estimate of drug-likeness (QED) is 0.625. The van der Waals surface area contributed by atoms with Crippen molar-refractivity contribution >= 4 is 24.2 Å². The molecule has 0 bridgehead atoms. The molecule has 5 nitrogen and oxygen atoms in total. The summed E-state index contributed by atoms with van der Waals surface area (Å²) in [6.07, 6.45) is 2.05. The number of carbonyl (C=O) groups excluding carboxylic acids is 2. The zero-order chi connectivity index (χ0) is 10.6. The second-order valence-corrected chi connectivity index (χ2v) is 3.68. The van der Waals surface area contributed by atoms with Crippen molar-refractivity contribution in [1.29, 1.82) is 0 Å². The first kappa shape index (κ1) is 14.2. The lowest BCUT2D eigenvalue weighted by atomic mass is 9.98. The minimum Gasteiger partial charge on any atom is -0.361 e. The molecule has 0 aromatic heterocycles. The van der Waals surface area contributed by atoms with Gasteiger partial charge < -0.3 is 16.0 Å². The van der Waals surface area contributed by atoms with E-state index in [1.807, 2.05) is 7.05 Å². The maximum absolute atomic E-state index is 11.3. The van der Waals surface area contributed by atoms with Gasteiger partial charge in [0, 0.05) is 13.1 Å². The average Bonchev–Trinajstić information content (AvgIpc) is 2.17. The van der Waals surface area contributed by atoms with Crippen molar-refractivity contribution < 1.29 is 9.59 Å². The molecule has 0 aromatic rings. The zero-order valence-electron chi connectivity index (χ0n) is 8.86. The Morgan fingerprint density at radius 1 is 1.53 bits per heavy atom. The Hall–Kier alpha value is -0.810. The molecule has 88 valence electrons. The van der Waals surface area contributed by atoms with E-state index in [1.165, 1.54) is 0 Å². The van der Waals surface area contributed by atoms with Gasteiger partial charge in [0.15, 0.2) is 0 Å². The third-order valence-electron chi connectivity index (χ3n) is 2.51. The van der Waals surface area contributed by atoms with Crippen LogP contribution in [0.25, 0.3) is 0 Å². The van der Waals surface area contributed by atoms with Gasteiger partial charge in [0.05, 0.1) is 0 Å². The normalized spacial score (nSPS) is 20.6. The number of likely N-dealkylation sites (tertiary alicyclic amines) is 1. The number of primary amides is 1. The Kier molecular flexibility index (Phi) is 6.27. The van der Waals surface area contributed by atoms with Crippen molar-refractivity contribution in [3.05, 3.63) is 0 Å². The van der Waals surface area contributed by atoms with E-state index >= 15 is 0 Å².